The van der Waals surface area contributed by atoms with Gasteiger partial charge in [-0.2, -0.15) is 0 Å². The van der Waals surface area contributed by atoms with Crippen LogP contribution in [0.1, 0.15) is 17.4 Å². The first kappa shape index (κ1) is 18.6. The van der Waals surface area contributed by atoms with Gasteiger partial charge >= 0.3 is 0 Å². The summed E-state index contributed by atoms with van der Waals surface area (Å²) < 4.78 is 13.3. The number of hydrogen-bond donors (Lipinski definition) is 2. The molecule has 1 amide bonds. The van der Waals surface area contributed by atoms with Crippen molar-refractivity contribution < 1.29 is 14.3 Å². The number of carbonyl (C=O) groups is 1. The van der Waals surface area contributed by atoms with Crippen molar-refractivity contribution in [3.05, 3.63) is 72.9 Å². The van der Waals surface area contributed by atoms with Gasteiger partial charge in [-0.3, -0.25) is 4.79 Å². The number of H-pyrrole nitrogens is 1. The Morgan fingerprint density at radius 2 is 2.07 bits per heavy atom. The lowest BCUT2D eigenvalue weighted by atomic mass is 10.2. The molecule has 148 valence electrons. The van der Waals surface area contributed by atoms with Crippen LogP contribution in [-0.2, 0) is 6.54 Å². The van der Waals surface area contributed by atoms with Crippen LogP contribution >= 0.6 is 0 Å². The van der Waals surface area contributed by atoms with Crippen LogP contribution in [0, 0.1) is 0 Å². The smallest absolute Gasteiger partial charge is 0.272 e. The molecule has 0 fully saturated rings. The highest BCUT2D eigenvalue weighted by molar-refractivity contribution is 6.06. The second-order valence-corrected chi connectivity index (χ2v) is 6.46. The highest BCUT2D eigenvalue weighted by Crippen LogP contribution is 2.26. The van der Waals surface area contributed by atoms with Gasteiger partial charge in [0.15, 0.2) is 0 Å². The zero-order valence-corrected chi connectivity index (χ0v) is 16.1. The van der Waals surface area contributed by atoms with Crippen LogP contribution in [0.25, 0.3) is 10.9 Å². The summed E-state index contributed by atoms with van der Waals surface area (Å²) in [5, 5.41) is 3.87. The van der Waals surface area contributed by atoms with E-state index < -0.39 is 0 Å². The van der Waals surface area contributed by atoms with Gasteiger partial charge < -0.3 is 24.3 Å². The topological polar surface area (TPSA) is 81.2 Å². The number of nitrogens with one attached hydrogen (secondary N) is 2. The van der Waals surface area contributed by atoms with Crippen molar-refractivity contribution in [3.63, 3.8) is 0 Å². The number of para-hydroxylation sites is 2. The van der Waals surface area contributed by atoms with Crippen LogP contribution in [0.15, 0.2) is 67.3 Å². The van der Waals surface area contributed by atoms with Crippen molar-refractivity contribution in [2.45, 2.75) is 13.5 Å². The fraction of sp³-hybridized carbons (Fsp3) is 0.182. The van der Waals surface area contributed by atoms with E-state index in [2.05, 4.69) is 15.3 Å². The van der Waals surface area contributed by atoms with Crippen molar-refractivity contribution >= 4 is 22.5 Å². The molecule has 0 radical (unpaired) electrons. The maximum absolute atomic E-state index is 12.8. The Morgan fingerprint density at radius 1 is 1.17 bits per heavy atom. The quantitative estimate of drug-likeness (QED) is 0.475. The predicted octanol–water partition coefficient (Wildman–Crippen LogP) is 4.09. The van der Waals surface area contributed by atoms with Gasteiger partial charge in [-0.15, -0.1) is 0 Å². The minimum Gasteiger partial charge on any atom is -0.494 e. The lowest BCUT2D eigenvalue weighted by Gasteiger charge is -2.12. The van der Waals surface area contributed by atoms with Crippen molar-refractivity contribution in [1.82, 2.24) is 14.5 Å². The van der Waals surface area contributed by atoms with Crippen molar-refractivity contribution in [2.24, 2.45) is 0 Å². The average Bonchev–Trinajstić information content (AvgIpc) is 3.39. The highest BCUT2D eigenvalue weighted by Gasteiger charge is 2.13. The molecule has 0 atom stereocenters. The molecule has 0 saturated carbocycles. The molecular formula is C22H22N4O3. The molecule has 0 saturated heterocycles. The van der Waals surface area contributed by atoms with E-state index in [-0.39, 0.29) is 5.91 Å². The summed E-state index contributed by atoms with van der Waals surface area (Å²) in [5.74, 6) is 1.16. The average molecular weight is 390 g/mol. The van der Waals surface area contributed by atoms with Gasteiger partial charge in [-0.1, -0.05) is 12.1 Å². The Balaban J connectivity index is 1.46. The molecule has 29 heavy (non-hydrogen) atoms. The number of fused-ring (bicyclic) bond motifs is 1. The third-order valence-corrected chi connectivity index (χ3v) is 4.45. The lowest BCUT2D eigenvalue weighted by molar-refractivity contribution is 0.102. The summed E-state index contributed by atoms with van der Waals surface area (Å²) in [6, 6.07) is 14.9. The summed E-state index contributed by atoms with van der Waals surface area (Å²) in [5.41, 5.74) is 1.95. The van der Waals surface area contributed by atoms with E-state index in [0.717, 1.165) is 16.7 Å². The molecule has 0 aliphatic carbocycles. The van der Waals surface area contributed by atoms with Crippen LogP contribution in [-0.4, -0.2) is 33.7 Å². The van der Waals surface area contributed by atoms with Crippen LogP contribution in [0.4, 0.5) is 5.69 Å². The zero-order valence-electron chi connectivity index (χ0n) is 16.1. The van der Waals surface area contributed by atoms with Crippen LogP contribution < -0.4 is 14.8 Å². The number of aromatic amines is 1. The van der Waals surface area contributed by atoms with Crippen LogP contribution in [0.5, 0.6) is 11.5 Å². The molecule has 2 N–H and O–H groups in total. The minimum atomic E-state index is -0.232. The van der Waals surface area contributed by atoms with Gasteiger partial charge in [0.1, 0.15) is 23.8 Å². The van der Waals surface area contributed by atoms with E-state index >= 15 is 0 Å². The summed E-state index contributed by atoms with van der Waals surface area (Å²) >= 11 is 0. The predicted molar refractivity (Wildman–Crippen MR) is 112 cm³/mol. The number of nitrogens with zero attached hydrogens (tertiary/aromatic N) is 2. The van der Waals surface area contributed by atoms with Gasteiger partial charge in [-0.05, 0) is 37.3 Å². The number of rotatable bonds is 8. The van der Waals surface area contributed by atoms with Gasteiger partial charge in [-0.25, -0.2) is 4.98 Å². The van der Waals surface area contributed by atoms with Crippen molar-refractivity contribution in [2.75, 3.05) is 18.5 Å². The van der Waals surface area contributed by atoms with Crippen molar-refractivity contribution in [1.29, 1.82) is 0 Å². The molecule has 7 heteroatoms. The first-order valence-electron chi connectivity index (χ1n) is 9.47. The molecular weight excluding hydrogens is 368 g/mol. The van der Waals surface area contributed by atoms with Crippen LogP contribution in [0.3, 0.4) is 0 Å². The SMILES string of the molecule is CCOc1ccc2cc(C(=O)Nc3ccccc3OCCn3ccnc3)[nH]c2c1. The van der Waals surface area contributed by atoms with Gasteiger partial charge in [0, 0.05) is 29.4 Å². The maximum Gasteiger partial charge on any atom is 0.272 e. The van der Waals surface area contributed by atoms with E-state index in [1.54, 1.807) is 12.5 Å². The zero-order chi connectivity index (χ0) is 20.1. The molecule has 2 aromatic carbocycles. The monoisotopic (exact) mass is 390 g/mol. The Kier molecular flexibility index (Phi) is 5.47. The molecule has 0 spiro atoms. The first-order chi connectivity index (χ1) is 14.2. The maximum atomic E-state index is 12.8. The summed E-state index contributed by atoms with van der Waals surface area (Å²) in [6.45, 7) is 3.67. The normalized spacial score (nSPS) is 10.8. The molecule has 2 aromatic heterocycles. The minimum absolute atomic E-state index is 0.232. The number of amides is 1. The Labute approximate surface area is 168 Å². The van der Waals surface area contributed by atoms with Gasteiger partial charge in [0.2, 0.25) is 0 Å². The number of carbonyl (C=O) groups excluding carboxylic acids is 1. The Morgan fingerprint density at radius 3 is 2.90 bits per heavy atom. The second kappa shape index (κ2) is 8.52. The lowest BCUT2D eigenvalue weighted by Crippen LogP contribution is -2.14. The van der Waals surface area contributed by atoms with E-state index in [4.69, 9.17) is 9.47 Å². The standard InChI is InChI=1S/C22H22N4O3/c1-2-28-17-8-7-16-13-20(24-19(16)14-17)22(27)25-18-5-3-4-6-21(18)29-12-11-26-10-9-23-15-26/h3-10,13-15,24H,2,11-12H2,1H3,(H,25,27). The number of ether oxygens (including phenoxy) is 2. The van der Waals surface area contributed by atoms with E-state index in [1.165, 1.54) is 0 Å². The second-order valence-electron chi connectivity index (χ2n) is 6.46. The molecule has 4 rings (SSSR count). The van der Waals surface area contributed by atoms with E-state index in [0.29, 0.717) is 36.9 Å². The number of benzene rings is 2. The Hall–Kier alpha value is -3.74. The summed E-state index contributed by atoms with van der Waals surface area (Å²) in [7, 11) is 0. The number of hydrogen-bond acceptors (Lipinski definition) is 4. The molecule has 0 aliphatic heterocycles. The molecule has 4 aromatic rings. The van der Waals surface area contributed by atoms with E-state index in [1.807, 2.05) is 66.2 Å². The van der Waals surface area contributed by atoms with E-state index in [9.17, 15) is 4.79 Å². The molecule has 0 aliphatic rings. The summed E-state index contributed by atoms with van der Waals surface area (Å²) in [4.78, 5) is 19.9. The third-order valence-electron chi connectivity index (χ3n) is 4.45. The molecule has 0 unspecified atom stereocenters. The number of imidazole rings is 1. The van der Waals surface area contributed by atoms with Crippen LogP contribution in [0.2, 0.25) is 0 Å². The fourth-order valence-electron chi connectivity index (χ4n) is 3.05. The van der Waals surface area contributed by atoms with Crippen molar-refractivity contribution in [3.8, 4) is 11.5 Å². The molecule has 0 bridgehead atoms. The first-order valence-corrected chi connectivity index (χ1v) is 9.47. The Bertz CT molecular complexity index is 1100. The fourth-order valence-corrected chi connectivity index (χ4v) is 3.05. The molecule has 2 heterocycles. The largest absolute Gasteiger partial charge is 0.494 e. The third kappa shape index (κ3) is 4.40. The summed E-state index contributed by atoms with van der Waals surface area (Å²) in [6.07, 6.45) is 5.35. The van der Waals surface area contributed by atoms with Gasteiger partial charge in [0.05, 0.1) is 25.2 Å². The highest BCUT2D eigenvalue weighted by atomic mass is 16.5. The number of aromatic nitrogens is 3. The number of anilines is 1. The molecule has 7 nitrogen and oxygen atoms in total. The van der Waals surface area contributed by atoms with Gasteiger partial charge in [0.25, 0.3) is 5.91 Å².